The molecule has 1 N–H and O–H groups in total. The second kappa shape index (κ2) is 9.14. The number of piperazine rings is 1. The van der Waals surface area contributed by atoms with Crippen LogP contribution in [0.5, 0.6) is 5.75 Å². The van der Waals surface area contributed by atoms with Crippen molar-refractivity contribution in [3.05, 3.63) is 59.4 Å². The van der Waals surface area contributed by atoms with Crippen LogP contribution in [0.4, 0.5) is 10.1 Å². The molecule has 1 aliphatic rings. The summed E-state index contributed by atoms with van der Waals surface area (Å²) in [6.07, 6.45) is -0.559. The van der Waals surface area contributed by atoms with Crippen molar-refractivity contribution in [1.29, 1.82) is 0 Å². The standard InChI is InChI=1S/C24H33FN2O2/c1-18-15-19(24(2,3)4)9-10-23(18)29-17-20(28)16-26-11-13-27(14-12-26)22-8-6-5-7-21(22)25/h5-10,15,20,28H,11-14,16-17H2,1-4H3. The fourth-order valence-electron chi connectivity index (χ4n) is 3.69. The topological polar surface area (TPSA) is 35.9 Å². The molecule has 2 aromatic carbocycles. The average molecular weight is 401 g/mol. The first-order valence-corrected chi connectivity index (χ1v) is 10.4. The summed E-state index contributed by atoms with van der Waals surface area (Å²) in [4.78, 5) is 4.27. The van der Waals surface area contributed by atoms with E-state index in [2.05, 4.69) is 42.7 Å². The summed E-state index contributed by atoms with van der Waals surface area (Å²) < 4.78 is 19.8. The summed E-state index contributed by atoms with van der Waals surface area (Å²) in [6, 6.07) is 13.1. The number of halogens is 1. The van der Waals surface area contributed by atoms with E-state index in [1.54, 1.807) is 6.07 Å². The maximum absolute atomic E-state index is 14.0. The Morgan fingerprint density at radius 2 is 1.76 bits per heavy atom. The van der Waals surface area contributed by atoms with Crippen LogP contribution in [0.1, 0.15) is 31.9 Å². The number of β-amino-alcohol motifs (C(OH)–C–C–N with tert-alkyl or cyclic N) is 1. The molecule has 5 heteroatoms. The molecule has 1 unspecified atom stereocenters. The second-order valence-corrected chi connectivity index (χ2v) is 8.93. The lowest BCUT2D eigenvalue weighted by molar-refractivity contribution is 0.0660. The summed E-state index contributed by atoms with van der Waals surface area (Å²) in [5.41, 5.74) is 3.12. The Hall–Kier alpha value is -2.11. The number of ether oxygens (including phenoxy) is 1. The van der Waals surface area contributed by atoms with Crippen molar-refractivity contribution in [1.82, 2.24) is 4.90 Å². The number of anilines is 1. The Morgan fingerprint density at radius 3 is 2.38 bits per heavy atom. The fourth-order valence-corrected chi connectivity index (χ4v) is 3.69. The second-order valence-electron chi connectivity index (χ2n) is 8.93. The molecule has 158 valence electrons. The highest BCUT2D eigenvalue weighted by Gasteiger charge is 2.21. The van der Waals surface area contributed by atoms with Crippen molar-refractivity contribution in [2.75, 3.05) is 44.2 Å². The first-order chi connectivity index (χ1) is 13.7. The van der Waals surface area contributed by atoms with Crippen molar-refractivity contribution < 1.29 is 14.2 Å². The van der Waals surface area contributed by atoms with Crippen LogP contribution in [0, 0.1) is 12.7 Å². The number of rotatable bonds is 6. The first-order valence-electron chi connectivity index (χ1n) is 10.4. The van der Waals surface area contributed by atoms with Gasteiger partial charge in [0.25, 0.3) is 0 Å². The van der Waals surface area contributed by atoms with Gasteiger partial charge in [-0.05, 0) is 41.7 Å². The largest absolute Gasteiger partial charge is 0.491 e. The molecule has 0 amide bonds. The number of hydrogen-bond donors (Lipinski definition) is 1. The van der Waals surface area contributed by atoms with Crippen LogP contribution in [0.3, 0.4) is 0 Å². The third-order valence-corrected chi connectivity index (χ3v) is 5.51. The Morgan fingerprint density at radius 1 is 1.07 bits per heavy atom. The van der Waals surface area contributed by atoms with E-state index in [0.717, 1.165) is 37.5 Å². The zero-order valence-electron chi connectivity index (χ0n) is 18.0. The minimum atomic E-state index is -0.559. The van der Waals surface area contributed by atoms with Gasteiger partial charge in [-0.15, -0.1) is 0 Å². The number of benzene rings is 2. The third-order valence-electron chi connectivity index (χ3n) is 5.51. The maximum atomic E-state index is 14.0. The van der Waals surface area contributed by atoms with Crippen molar-refractivity contribution >= 4 is 5.69 Å². The zero-order valence-corrected chi connectivity index (χ0v) is 18.0. The van der Waals surface area contributed by atoms with E-state index in [1.807, 2.05) is 25.1 Å². The van der Waals surface area contributed by atoms with E-state index in [1.165, 1.54) is 11.6 Å². The van der Waals surface area contributed by atoms with Gasteiger partial charge in [-0.1, -0.05) is 45.0 Å². The molecule has 0 saturated carbocycles. The Balaban J connectivity index is 1.46. The number of para-hydroxylation sites is 1. The van der Waals surface area contributed by atoms with Gasteiger partial charge in [0.05, 0.1) is 5.69 Å². The molecule has 0 aromatic heterocycles. The SMILES string of the molecule is Cc1cc(C(C)(C)C)ccc1OCC(O)CN1CCN(c2ccccc2F)CC1. The Labute approximate surface area is 173 Å². The van der Waals surface area contributed by atoms with Gasteiger partial charge in [0.15, 0.2) is 0 Å². The van der Waals surface area contributed by atoms with Crippen LogP contribution in [0.25, 0.3) is 0 Å². The molecule has 2 aromatic rings. The molecule has 1 aliphatic heterocycles. The van der Waals surface area contributed by atoms with E-state index in [0.29, 0.717) is 12.2 Å². The van der Waals surface area contributed by atoms with E-state index in [4.69, 9.17) is 4.74 Å². The minimum Gasteiger partial charge on any atom is -0.491 e. The lowest BCUT2D eigenvalue weighted by Gasteiger charge is -2.37. The normalized spacial score (nSPS) is 16.7. The van der Waals surface area contributed by atoms with Gasteiger partial charge >= 0.3 is 0 Å². The van der Waals surface area contributed by atoms with Gasteiger partial charge in [0.2, 0.25) is 0 Å². The van der Waals surface area contributed by atoms with Crippen LogP contribution >= 0.6 is 0 Å². The summed E-state index contributed by atoms with van der Waals surface area (Å²) in [5.74, 6) is 0.642. The van der Waals surface area contributed by atoms with Gasteiger partial charge in [-0.3, -0.25) is 4.90 Å². The van der Waals surface area contributed by atoms with Crippen molar-refractivity contribution in [3.63, 3.8) is 0 Å². The van der Waals surface area contributed by atoms with E-state index < -0.39 is 6.10 Å². The van der Waals surface area contributed by atoms with Gasteiger partial charge < -0.3 is 14.7 Å². The van der Waals surface area contributed by atoms with E-state index >= 15 is 0 Å². The monoisotopic (exact) mass is 400 g/mol. The predicted molar refractivity (Wildman–Crippen MR) is 116 cm³/mol. The molecule has 0 radical (unpaired) electrons. The summed E-state index contributed by atoms with van der Waals surface area (Å²) in [6.45, 7) is 12.5. The minimum absolute atomic E-state index is 0.105. The maximum Gasteiger partial charge on any atom is 0.146 e. The molecule has 1 saturated heterocycles. The molecule has 3 rings (SSSR count). The molecular formula is C24H33FN2O2. The number of aliphatic hydroxyl groups excluding tert-OH is 1. The fraction of sp³-hybridized carbons (Fsp3) is 0.500. The predicted octanol–water partition coefficient (Wildman–Crippen LogP) is 3.99. The van der Waals surface area contributed by atoms with Gasteiger partial charge in [0, 0.05) is 32.7 Å². The number of aryl methyl sites for hydroxylation is 1. The molecular weight excluding hydrogens is 367 g/mol. The number of hydrogen-bond acceptors (Lipinski definition) is 4. The highest BCUT2D eigenvalue weighted by atomic mass is 19.1. The van der Waals surface area contributed by atoms with Crippen molar-refractivity contribution in [2.24, 2.45) is 0 Å². The third kappa shape index (κ3) is 5.71. The zero-order chi connectivity index (χ0) is 21.0. The average Bonchev–Trinajstić information content (AvgIpc) is 2.67. The highest BCUT2D eigenvalue weighted by molar-refractivity contribution is 5.48. The van der Waals surface area contributed by atoms with E-state index in [9.17, 15) is 9.50 Å². The quantitative estimate of drug-likeness (QED) is 0.795. The van der Waals surface area contributed by atoms with Gasteiger partial charge in [0.1, 0.15) is 24.3 Å². The molecule has 1 atom stereocenters. The smallest absolute Gasteiger partial charge is 0.146 e. The van der Waals surface area contributed by atoms with Gasteiger partial charge in [-0.25, -0.2) is 4.39 Å². The Kier molecular flexibility index (Phi) is 6.81. The number of nitrogens with zero attached hydrogens (tertiary/aromatic N) is 2. The van der Waals surface area contributed by atoms with E-state index in [-0.39, 0.29) is 17.8 Å². The van der Waals surface area contributed by atoms with Gasteiger partial charge in [-0.2, -0.15) is 0 Å². The molecule has 4 nitrogen and oxygen atoms in total. The molecule has 1 fully saturated rings. The van der Waals surface area contributed by atoms with Crippen molar-refractivity contribution in [3.8, 4) is 5.75 Å². The van der Waals surface area contributed by atoms with Crippen LogP contribution < -0.4 is 9.64 Å². The van der Waals surface area contributed by atoms with Crippen LogP contribution in [-0.2, 0) is 5.41 Å². The lowest BCUT2D eigenvalue weighted by atomic mass is 9.86. The molecule has 0 spiro atoms. The first kappa shape index (κ1) is 21.6. The molecule has 29 heavy (non-hydrogen) atoms. The summed E-state index contributed by atoms with van der Waals surface area (Å²) in [5, 5.41) is 10.4. The lowest BCUT2D eigenvalue weighted by Crippen LogP contribution is -2.49. The van der Waals surface area contributed by atoms with Crippen LogP contribution in [0.15, 0.2) is 42.5 Å². The van der Waals surface area contributed by atoms with Crippen LogP contribution in [0.2, 0.25) is 0 Å². The molecule has 1 heterocycles. The Bertz CT molecular complexity index is 811. The van der Waals surface area contributed by atoms with Crippen molar-refractivity contribution in [2.45, 2.75) is 39.2 Å². The number of aliphatic hydroxyl groups is 1. The van der Waals surface area contributed by atoms with Crippen LogP contribution in [-0.4, -0.2) is 55.4 Å². The molecule has 0 bridgehead atoms. The highest BCUT2D eigenvalue weighted by Crippen LogP contribution is 2.27. The summed E-state index contributed by atoms with van der Waals surface area (Å²) in [7, 11) is 0. The summed E-state index contributed by atoms with van der Waals surface area (Å²) >= 11 is 0. The molecule has 0 aliphatic carbocycles.